The summed E-state index contributed by atoms with van der Waals surface area (Å²) < 4.78 is 8.05. The smallest absolute Gasteiger partial charge is 0.408 e. The second-order valence-electron chi connectivity index (χ2n) is 6.40. The second kappa shape index (κ2) is 6.71. The number of oxazole rings is 1. The molecule has 0 spiro atoms. The number of nitrogens with zero attached hydrogens (tertiary/aromatic N) is 5. The molecule has 142 valence electrons. The summed E-state index contributed by atoms with van der Waals surface area (Å²) in [5, 5.41) is 15.0. The van der Waals surface area contributed by atoms with Crippen LogP contribution in [-0.2, 0) is 11.3 Å². The van der Waals surface area contributed by atoms with Crippen LogP contribution in [0.3, 0.4) is 0 Å². The van der Waals surface area contributed by atoms with E-state index in [2.05, 4.69) is 20.6 Å². The lowest BCUT2D eigenvalue weighted by atomic mass is 10.1. The Bertz CT molecular complexity index is 1400. The predicted molar refractivity (Wildman–Crippen MR) is 105 cm³/mol. The molecule has 0 saturated carbocycles. The van der Waals surface area contributed by atoms with Gasteiger partial charge in [-0.05, 0) is 36.4 Å². The number of anilines is 1. The van der Waals surface area contributed by atoms with Crippen LogP contribution in [0, 0.1) is 0 Å². The fourth-order valence-electron chi connectivity index (χ4n) is 3.11. The Morgan fingerprint density at radius 3 is 2.72 bits per heavy atom. The summed E-state index contributed by atoms with van der Waals surface area (Å²) in [6.45, 7) is -0.135. The molecule has 0 bridgehead atoms. The number of carbonyl (C=O) groups excluding carboxylic acids is 1. The van der Waals surface area contributed by atoms with Gasteiger partial charge < -0.3 is 9.73 Å². The van der Waals surface area contributed by atoms with Crippen LogP contribution in [-0.4, -0.2) is 30.3 Å². The van der Waals surface area contributed by atoms with Gasteiger partial charge in [0.25, 0.3) is 0 Å². The molecule has 0 unspecified atom stereocenters. The highest BCUT2D eigenvalue weighted by molar-refractivity contribution is 5.91. The van der Waals surface area contributed by atoms with Gasteiger partial charge >= 0.3 is 5.76 Å². The van der Waals surface area contributed by atoms with Crippen molar-refractivity contribution in [2.75, 3.05) is 5.32 Å². The molecule has 9 heteroatoms. The lowest BCUT2D eigenvalue weighted by molar-refractivity contribution is -0.116. The Labute approximate surface area is 163 Å². The Balaban J connectivity index is 1.33. The standard InChI is InChI=1S/C20H14N6O3/c27-19(11-25-16-3-1-2-4-17(16)29-20(25)28)22-14-7-5-13(6-8-14)15-9-10-18-23-21-12-26(18)24-15/h1-10,12H,11H2,(H,22,27). The van der Waals surface area contributed by atoms with Gasteiger partial charge in [0.05, 0.1) is 11.2 Å². The number of fused-ring (bicyclic) bond motifs is 2. The van der Waals surface area contributed by atoms with Crippen LogP contribution in [0.2, 0.25) is 0 Å². The zero-order valence-corrected chi connectivity index (χ0v) is 15.0. The zero-order chi connectivity index (χ0) is 19.8. The van der Waals surface area contributed by atoms with Crippen molar-refractivity contribution in [2.45, 2.75) is 6.54 Å². The molecular weight excluding hydrogens is 372 g/mol. The van der Waals surface area contributed by atoms with E-state index >= 15 is 0 Å². The molecule has 1 amide bonds. The Morgan fingerprint density at radius 2 is 1.86 bits per heavy atom. The minimum atomic E-state index is -0.563. The van der Waals surface area contributed by atoms with E-state index in [0.717, 1.165) is 11.3 Å². The zero-order valence-electron chi connectivity index (χ0n) is 15.0. The van der Waals surface area contributed by atoms with E-state index in [1.165, 1.54) is 10.9 Å². The van der Waals surface area contributed by atoms with Crippen molar-refractivity contribution in [3.8, 4) is 11.3 Å². The van der Waals surface area contributed by atoms with E-state index < -0.39 is 5.76 Å². The number of benzene rings is 2. The monoisotopic (exact) mass is 386 g/mol. The lowest BCUT2D eigenvalue weighted by Crippen LogP contribution is -2.24. The number of nitrogens with one attached hydrogen (secondary N) is 1. The second-order valence-corrected chi connectivity index (χ2v) is 6.40. The minimum Gasteiger partial charge on any atom is -0.408 e. The van der Waals surface area contributed by atoms with Crippen molar-refractivity contribution in [3.05, 3.63) is 77.5 Å². The topological polar surface area (TPSA) is 107 Å². The summed E-state index contributed by atoms with van der Waals surface area (Å²) in [5.74, 6) is -0.886. The van der Waals surface area contributed by atoms with Gasteiger partial charge in [0.1, 0.15) is 12.9 Å². The molecule has 0 atom stereocenters. The Morgan fingerprint density at radius 1 is 1.03 bits per heavy atom. The number of carbonyl (C=O) groups is 1. The van der Waals surface area contributed by atoms with E-state index in [1.807, 2.05) is 24.3 Å². The molecule has 1 N–H and O–H groups in total. The summed E-state index contributed by atoms with van der Waals surface area (Å²) in [6, 6.07) is 17.9. The Hall–Kier alpha value is -4.27. The molecule has 0 aliphatic heterocycles. The van der Waals surface area contributed by atoms with E-state index in [9.17, 15) is 9.59 Å². The molecule has 0 saturated heterocycles. The molecule has 3 aromatic heterocycles. The molecule has 3 heterocycles. The molecule has 0 aliphatic rings. The van der Waals surface area contributed by atoms with Gasteiger partial charge in [-0.25, -0.2) is 4.79 Å². The maximum Gasteiger partial charge on any atom is 0.420 e. The molecule has 5 rings (SSSR count). The summed E-state index contributed by atoms with van der Waals surface area (Å²) in [7, 11) is 0. The third-order valence-corrected chi connectivity index (χ3v) is 4.50. The first kappa shape index (κ1) is 16.9. The van der Waals surface area contributed by atoms with Crippen molar-refractivity contribution in [1.82, 2.24) is 24.4 Å². The highest BCUT2D eigenvalue weighted by atomic mass is 16.4. The summed E-state index contributed by atoms with van der Waals surface area (Å²) in [4.78, 5) is 24.4. The van der Waals surface area contributed by atoms with Crippen molar-refractivity contribution >= 4 is 28.3 Å². The first-order chi connectivity index (χ1) is 14.2. The Kier molecular flexibility index (Phi) is 3.91. The molecule has 0 aliphatic carbocycles. The van der Waals surface area contributed by atoms with E-state index in [0.29, 0.717) is 22.4 Å². The van der Waals surface area contributed by atoms with E-state index in [-0.39, 0.29) is 12.5 Å². The summed E-state index contributed by atoms with van der Waals surface area (Å²) in [6.07, 6.45) is 1.54. The minimum absolute atomic E-state index is 0.135. The van der Waals surface area contributed by atoms with Gasteiger partial charge in [-0.2, -0.15) is 9.61 Å². The molecular formula is C20H14N6O3. The first-order valence-corrected chi connectivity index (χ1v) is 8.83. The highest BCUT2D eigenvalue weighted by Gasteiger charge is 2.12. The fraction of sp³-hybridized carbons (Fsp3) is 0.0500. The van der Waals surface area contributed by atoms with E-state index in [1.54, 1.807) is 40.9 Å². The van der Waals surface area contributed by atoms with Gasteiger partial charge in [-0.1, -0.05) is 24.3 Å². The maximum absolute atomic E-state index is 12.4. The maximum atomic E-state index is 12.4. The molecule has 9 nitrogen and oxygen atoms in total. The molecule has 29 heavy (non-hydrogen) atoms. The first-order valence-electron chi connectivity index (χ1n) is 8.83. The van der Waals surface area contributed by atoms with Gasteiger partial charge in [0, 0.05) is 11.3 Å². The number of aromatic nitrogens is 5. The molecule has 0 radical (unpaired) electrons. The average molecular weight is 386 g/mol. The van der Waals surface area contributed by atoms with Crippen molar-refractivity contribution in [2.24, 2.45) is 0 Å². The fourth-order valence-corrected chi connectivity index (χ4v) is 3.11. The molecule has 0 fully saturated rings. The number of rotatable bonds is 4. The van der Waals surface area contributed by atoms with Gasteiger partial charge in [-0.15, -0.1) is 10.2 Å². The predicted octanol–water partition coefficient (Wildman–Crippen LogP) is 2.34. The average Bonchev–Trinajstić information content (AvgIpc) is 3.32. The van der Waals surface area contributed by atoms with Crippen LogP contribution in [0.25, 0.3) is 28.0 Å². The van der Waals surface area contributed by atoms with Gasteiger partial charge in [-0.3, -0.25) is 9.36 Å². The van der Waals surface area contributed by atoms with Crippen LogP contribution in [0.5, 0.6) is 0 Å². The number of amides is 1. The summed E-state index contributed by atoms with van der Waals surface area (Å²) in [5.41, 5.74) is 3.96. The van der Waals surface area contributed by atoms with Gasteiger partial charge in [0.2, 0.25) is 5.91 Å². The van der Waals surface area contributed by atoms with Crippen molar-refractivity contribution in [3.63, 3.8) is 0 Å². The highest BCUT2D eigenvalue weighted by Crippen LogP contribution is 2.20. The molecule has 2 aromatic carbocycles. The van der Waals surface area contributed by atoms with Crippen LogP contribution in [0.4, 0.5) is 5.69 Å². The SMILES string of the molecule is O=C(Cn1c(=O)oc2ccccc21)Nc1ccc(-c2ccc3nncn3n2)cc1. The number of hydrogen-bond donors (Lipinski definition) is 1. The molecule has 5 aromatic rings. The van der Waals surface area contributed by atoms with Crippen LogP contribution >= 0.6 is 0 Å². The summed E-state index contributed by atoms with van der Waals surface area (Å²) >= 11 is 0. The quantitative estimate of drug-likeness (QED) is 0.508. The van der Waals surface area contributed by atoms with Crippen molar-refractivity contribution < 1.29 is 9.21 Å². The van der Waals surface area contributed by atoms with Crippen molar-refractivity contribution in [1.29, 1.82) is 0 Å². The normalized spacial score (nSPS) is 11.2. The third kappa shape index (κ3) is 3.14. The van der Waals surface area contributed by atoms with Gasteiger partial charge in [0.15, 0.2) is 11.2 Å². The number of hydrogen-bond acceptors (Lipinski definition) is 6. The number of para-hydroxylation sites is 2. The van der Waals surface area contributed by atoms with Crippen LogP contribution in [0.15, 0.2) is 76.2 Å². The van der Waals surface area contributed by atoms with Crippen LogP contribution in [0.1, 0.15) is 0 Å². The van der Waals surface area contributed by atoms with E-state index in [4.69, 9.17) is 4.42 Å². The lowest BCUT2D eigenvalue weighted by Gasteiger charge is -2.07. The third-order valence-electron chi connectivity index (χ3n) is 4.50. The van der Waals surface area contributed by atoms with Crippen LogP contribution < -0.4 is 11.1 Å². The largest absolute Gasteiger partial charge is 0.420 e.